The number of amides is 2. The largest absolute Gasteiger partial charge is 0.370 e. The molecule has 2 amide bonds. The molecule has 0 radical (unpaired) electrons. The lowest BCUT2D eigenvalue weighted by atomic mass is 10.2. The molecule has 1 aromatic heterocycles. The van der Waals surface area contributed by atoms with Crippen LogP contribution in [0.3, 0.4) is 0 Å². The minimum Gasteiger partial charge on any atom is -0.370 e. The van der Waals surface area contributed by atoms with E-state index in [0.29, 0.717) is 13.0 Å². The number of nitrogens with two attached hydrogens (primary N) is 1. The fraction of sp³-hybridized carbons (Fsp3) is 0.636. The van der Waals surface area contributed by atoms with Crippen LogP contribution in [-0.2, 0) is 16.1 Å². The van der Waals surface area contributed by atoms with E-state index < -0.39 is 5.91 Å². The van der Waals surface area contributed by atoms with E-state index in [0.717, 1.165) is 5.82 Å². The number of aromatic nitrogens is 3. The van der Waals surface area contributed by atoms with Gasteiger partial charge in [0.05, 0.1) is 6.04 Å². The summed E-state index contributed by atoms with van der Waals surface area (Å²) >= 11 is 0. The number of hydrogen-bond donors (Lipinski definition) is 2. The molecule has 0 aliphatic heterocycles. The number of carbonyl (C=O) groups excluding carboxylic acids is 2. The van der Waals surface area contributed by atoms with Gasteiger partial charge in [0.25, 0.3) is 0 Å². The molecule has 1 rings (SSSR count). The van der Waals surface area contributed by atoms with Gasteiger partial charge in [0.2, 0.25) is 11.8 Å². The predicted octanol–water partition coefficient (Wildman–Crippen LogP) is 0.131. The van der Waals surface area contributed by atoms with Crippen molar-refractivity contribution in [3.8, 4) is 0 Å². The van der Waals surface area contributed by atoms with E-state index in [1.165, 1.54) is 6.33 Å². The van der Waals surface area contributed by atoms with Crippen LogP contribution >= 0.6 is 0 Å². The molecule has 0 spiro atoms. The molecule has 100 valence electrons. The summed E-state index contributed by atoms with van der Waals surface area (Å²) in [4.78, 5) is 26.4. The first kappa shape index (κ1) is 14.1. The summed E-state index contributed by atoms with van der Waals surface area (Å²) in [5, 5.41) is 6.89. The van der Waals surface area contributed by atoms with Gasteiger partial charge in [0.15, 0.2) is 0 Å². The highest BCUT2D eigenvalue weighted by molar-refractivity contribution is 5.82. The van der Waals surface area contributed by atoms with Crippen molar-refractivity contribution < 1.29 is 9.59 Å². The van der Waals surface area contributed by atoms with Gasteiger partial charge in [-0.2, -0.15) is 5.10 Å². The number of nitrogens with one attached hydrogen (secondary N) is 1. The van der Waals surface area contributed by atoms with E-state index >= 15 is 0 Å². The van der Waals surface area contributed by atoms with E-state index in [2.05, 4.69) is 15.4 Å². The van der Waals surface area contributed by atoms with Crippen molar-refractivity contribution in [3.05, 3.63) is 12.2 Å². The third-order valence-corrected chi connectivity index (χ3v) is 2.60. The van der Waals surface area contributed by atoms with Gasteiger partial charge < -0.3 is 11.1 Å². The fourth-order valence-corrected chi connectivity index (χ4v) is 1.64. The van der Waals surface area contributed by atoms with Crippen LogP contribution in [0.4, 0.5) is 0 Å². The lowest BCUT2D eigenvalue weighted by molar-refractivity contribution is -0.125. The van der Waals surface area contributed by atoms with Gasteiger partial charge in [-0.15, -0.1) is 0 Å². The Kier molecular flexibility index (Phi) is 5.29. The van der Waals surface area contributed by atoms with E-state index in [4.69, 9.17) is 5.73 Å². The average Bonchev–Trinajstić information content (AvgIpc) is 2.81. The van der Waals surface area contributed by atoms with Crippen molar-refractivity contribution in [2.24, 2.45) is 5.73 Å². The van der Waals surface area contributed by atoms with Gasteiger partial charge in [-0.25, -0.2) is 9.67 Å². The van der Waals surface area contributed by atoms with E-state index in [-0.39, 0.29) is 24.8 Å². The smallest absolute Gasteiger partial charge is 0.221 e. The Morgan fingerprint density at radius 1 is 1.44 bits per heavy atom. The molecule has 0 unspecified atom stereocenters. The summed E-state index contributed by atoms with van der Waals surface area (Å²) in [5.74, 6) is 0.0497. The van der Waals surface area contributed by atoms with Gasteiger partial charge in [0.1, 0.15) is 12.2 Å². The molecular formula is C11H19N5O2. The second kappa shape index (κ2) is 6.73. The molecule has 0 saturated carbocycles. The molecule has 0 aliphatic carbocycles. The number of aryl methyl sites for hydroxylation is 1. The van der Waals surface area contributed by atoms with Crippen molar-refractivity contribution in [1.29, 1.82) is 0 Å². The molecule has 0 fully saturated rings. The molecule has 7 nitrogen and oxygen atoms in total. The van der Waals surface area contributed by atoms with Gasteiger partial charge in [0, 0.05) is 19.4 Å². The Balaban J connectivity index is 2.62. The number of rotatable bonds is 7. The lowest BCUT2D eigenvalue weighted by Crippen LogP contribution is -2.31. The lowest BCUT2D eigenvalue weighted by Gasteiger charge is -2.16. The summed E-state index contributed by atoms with van der Waals surface area (Å²) in [5.41, 5.74) is 5.00. The highest BCUT2D eigenvalue weighted by atomic mass is 16.2. The van der Waals surface area contributed by atoms with Gasteiger partial charge >= 0.3 is 0 Å². The van der Waals surface area contributed by atoms with Crippen LogP contribution in [-0.4, -0.2) is 26.6 Å². The average molecular weight is 253 g/mol. The number of nitrogens with zero attached hydrogens (tertiary/aromatic N) is 3. The Bertz CT molecular complexity index is 415. The highest BCUT2D eigenvalue weighted by Gasteiger charge is 2.18. The second-order valence-corrected chi connectivity index (χ2v) is 3.93. The minimum absolute atomic E-state index is 0.0583. The predicted molar refractivity (Wildman–Crippen MR) is 65.3 cm³/mol. The summed E-state index contributed by atoms with van der Waals surface area (Å²) in [6, 6.07) is -0.187. The topological polar surface area (TPSA) is 103 Å². The summed E-state index contributed by atoms with van der Waals surface area (Å²) in [6.07, 6.45) is 2.34. The van der Waals surface area contributed by atoms with Gasteiger partial charge in [-0.3, -0.25) is 9.59 Å². The first-order valence-corrected chi connectivity index (χ1v) is 6.03. The maximum Gasteiger partial charge on any atom is 0.221 e. The third-order valence-electron chi connectivity index (χ3n) is 2.60. The fourth-order valence-electron chi connectivity index (χ4n) is 1.64. The molecule has 1 atom stereocenters. The Hall–Kier alpha value is -1.92. The van der Waals surface area contributed by atoms with Crippen LogP contribution in [0.2, 0.25) is 0 Å². The van der Waals surface area contributed by atoms with E-state index in [1.54, 1.807) is 4.68 Å². The van der Waals surface area contributed by atoms with Crippen LogP contribution in [0.25, 0.3) is 0 Å². The number of hydrogen-bond acceptors (Lipinski definition) is 4. The zero-order chi connectivity index (χ0) is 13.5. The van der Waals surface area contributed by atoms with Crippen molar-refractivity contribution in [2.75, 3.05) is 0 Å². The van der Waals surface area contributed by atoms with E-state index in [9.17, 15) is 9.59 Å². The standard InChI is InChI=1S/C11H19N5O2/c1-3-8(11-13-7-14-16(11)4-2)15-10(18)6-5-9(12)17/h7-8H,3-6H2,1-2H3,(H2,12,17)(H,15,18)/t8-/m0/s1. The van der Waals surface area contributed by atoms with Crippen molar-refractivity contribution in [1.82, 2.24) is 20.1 Å². The van der Waals surface area contributed by atoms with Crippen LogP contribution in [0.5, 0.6) is 0 Å². The summed E-state index contributed by atoms with van der Waals surface area (Å²) in [6.45, 7) is 4.61. The quantitative estimate of drug-likeness (QED) is 0.720. The second-order valence-electron chi connectivity index (χ2n) is 3.93. The minimum atomic E-state index is -0.477. The first-order valence-electron chi connectivity index (χ1n) is 6.03. The first-order chi connectivity index (χ1) is 8.58. The monoisotopic (exact) mass is 253 g/mol. The molecule has 0 aliphatic rings. The van der Waals surface area contributed by atoms with Gasteiger partial charge in [-0.05, 0) is 13.3 Å². The highest BCUT2D eigenvalue weighted by Crippen LogP contribution is 2.13. The molecule has 1 aromatic rings. The Morgan fingerprint density at radius 3 is 2.72 bits per heavy atom. The summed E-state index contributed by atoms with van der Waals surface area (Å²) in [7, 11) is 0. The zero-order valence-electron chi connectivity index (χ0n) is 10.7. The SMILES string of the molecule is CC[C@H](NC(=O)CCC(N)=O)c1ncnn1CC. The molecule has 0 saturated heterocycles. The normalized spacial score (nSPS) is 12.1. The van der Waals surface area contributed by atoms with Crippen LogP contribution in [0, 0.1) is 0 Å². The number of carbonyl (C=O) groups is 2. The van der Waals surface area contributed by atoms with Gasteiger partial charge in [-0.1, -0.05) is 6.92 Å². The van der Waals surface area contributed by atoms with Crippen molar-refractivity contribution in [3.63, 3.8) is 0 Å². The number of primary amides is 1. The molecule has 1 heterocycles. The zero-order valence-corrected chi connectivity index (χ0v) is 10.7. The molecule has 3 N–H and O–H groups in total. The Morgan fingerprint density at radius 2 is 2.17 bits per heavy atom. The van der Waals surface area contributed by atoms with E-state index in [1.807, 2.05) is 13.8 Å². The summed E-state index contributed by atoms with van der Waals surface area (Å²) < 4.78 is 1.74. The third kappa shape index (κ3) is 3.83. The molecule has 18 heavy (non-hydrogen) atoms. The molecule has 0 bridgehead atoms. The van der Waals surface area contributed by atoms with Crippen LogP contribution < -0.4 is 11.1 Å². The molecule has 0 aromatic carbocycles. The van der Waals surface area contributed by atoms with Crippen LogP contribution in [0.1, 0.15) is 45.0 Å². The van der Waals surface area contributed by atoms with Crippen molar-refractivity contribution in [2.45, 2.75) is 45.7 Å². The maximum atomic E-state index is 11.6. The molecular weight excluding hydrogens is 234 g/mol. The van der Waals surface area contributed by atoms with Crippen LogP contribution in [0.15, 0.2) is 6.33 Å². The molecule has 7 heteroatoms. The van der Waals surface area contributed by atoms with Crippen molar-refractivity contribution >= 4 is 11.8 Å². The Labute approximate surface area is 106 Å². The maximum absolute atomic E-state index is 11.6.